The van der Waals surface area contributed by atoms with Crippen LogP contribution in [-0.4, -0.2) is 239 Å². The van der Waals surface area contributed by atoms with E-state index < -0.39 is 42.2 Å². The summed E-state index contributed by atoms with van der Waals surface area (Å²) in [5.74, 6) is 3.50. The standard InChI is InChI=1S/C17H19N3OS2.C16H18N4OS2.C15H16N4OS2.2C14H14N4O2S2.C14H13N3O2S2/c1-17(2)5-3-4-9-6-13-11(7-10(9)17)19-16(23-13)15-20-12(8-22-15)14(18)21;1-8-9-4-3-5-20(2)11(9)6-12-13(8)19-16(23-12)15-18-10(7-22-15)14(17)21;1-19-4-2-3-8-5-9-12(6-11(8)19)22-15(17-9)14-18-10(7-21-14)13(16)20;1-18-2-3-20-10-4-7-11(5-9(10)18)22-14(16-7)13-17-8(6-21-13)12(15)19;1-18-3-2-6-8(18)4-9-10(11(6)19)17-14(22-9)13-16-7(5-21-13)12(15)20;15-12(18)9-6-20-13(17-9)14-16-8-5-10-7(2-1-3-19-10)4-11(8)21-14/h6-7,12H,3-5,8H2,1-2H3,(H2,18,21);6,10H,3-5,7H2,1-2H3,(H2,17,21);5-6,10H,2-4,7H2,1H3,(H2,16,20);4-5,8H,2-3,6H2,1H3,(H2,15,19);4,7,19H,2-3,5H2,1H3,(H2,15,20);4-5,9H,1-3,6H2,(H2,15,18)/t12-;2*10-;8-;7-;9-/m111111/s1. The number of phenolic OH excluding ortho intramolecular Hbond substituents is 1. The minimum absolute atomic E-state index is 0.224. The molecule has 43 heteroatoms. The summed E-state index contributed by atoms with van der Waals surface area (Å²) in [5, 5.41) is 20.5. The Bertz CT molecular complexity index is 6810. The smallest absolute Gasteiger partial charge is 0.243 e. The van der Waals surface area contributed by atoms with Crippen LogP contribution >= 0.6 is 139 Å². The first-order valence-corrected chi connectivity index (χ1v) is 54.2. The van der Waals surface area contributed by atoms with Crippen molar-refractivity contribution in [1.82, 2.24) is 29.9 Å². The number of primary amides is 6. The Balaban J connectivity index is 0.000000103. The van der Waals surface area contributed by atoms with Gasteiger partial charge in [0.2, 0.25) is 35.4 Å². The fourth-order valence-electron chi connectivity index (χ4n) is 17.4. The second-order valence-electron chi connectivity index (χ2n) is 34.3. The van der Waals surface area contributed by atoms with Gasteiger partial charge in [-0.05, 0) is 158 Å². The number of ether oxygens (including phenoxy) is 2. The van der Waals surface area contributed by atoms with E-state index in [1.54, 1.807) is 104 Å². The molecule has 0 saturated carbocycles. The van der Waals surface area contributed by atoms with Crippen LogP contribution in [0.4, 0.5) is 22.7 Å². The van der Waals surface area contributed by atoms with E-state index in [1.807, 2.05) is 19.2 Å². The van der Waals surface area contributed by atoms with Gasteiger partial charge in [0.15, 0.2) is 0 Å². The molecule has 0 radical (unpaired) electrons. The predicted molar refractivity (Wildman–Crippen MR) is 555 cm³/mol. The van der Waals surface area contributed by atoms with Crippen molar-refractivity contribution in [3.8, 4) is 17.2 Å². The Kier molecular flexibility index (Phi) is 26.6. The number of aliphatic imine (C=N–C) groups is 6. The number of aryl methyl sites for hydroxylation is 4. The summed E-state index contributed by atoms with van der Waals surface area (Å²) >= 11 is 18.9. The summed E-state index contributed by atoms with van der Waals surface area (Å²) in [7, 11) is 8.37. The highest BCUT2D eigenvalue weighted by molar-refractivity contribution is 8.16. The number of thioether (sulfide) groups is 6. The zero-order valence-electron chi connectivity index (χ0n) is 73.5. The Morgan fingerprint density at radius 2 is 0.722 bits per heavy atom. The molecule has 13 N–H and O–H groups in total. The first-order chi connectivity index (χ1) is 64.0. The van der Waals surface area contributed by atoms with Gasteiger partial charge in [0, 0.05) is 117 Å². The van der Waals surface area contributed by atoms with Crippen molar-refractivity contribution in [2.45, 2.75) is 127 Å². The van der Waals surface area contributed by atoms with Crippen LogP contribution in [-0.2, 0) is 66.3 Å². The highest BCUT2D eigenvalue weighted by Gasteiger charge is 2.36. The molecule has 6 aromatic carbocycles. The van der Waals surface area contributed by atoms with Gasteiger partial charge in [-0.25, -0.2) is 29.9 Å². The zero-order valence-corrected chi connectivity index (χ0v) is 83.3. The second kappa shape index (κ2) is 38.4. The summed E-state index contributed by atoms with van der Waals surface area (Å²) in [4.78, 5) is 131. The van der Waals surface area contributed by atoms with Crippen molar-refractivity contribution >= 4 is 288 Å². The normalized spacial score (nSPS) is 21.1. The zero-order chi connectivity index (χ0) is 92.7. The number of hydrogen-bond donors (Lipinski definition) is 7. The number of aromatic nitrogens is 6. The lowest BCUT2D eigenvalue weighted by atomic mass is 9.73. The summed E-state index contributed by atoms with van der Waals surface area (Å²) in [6.07, 6.45) is 11.2. The monoisotopic (exact) mass is 2010 g/mol. The van der Waals surface area contributed by atoms with Crippen molar-refractivity contribution in [3.63, 3.8) is 0 Å². The number of rotatable bonds is 12. The number of aromatic hydroxyl groups is 1. The van der Waals surface area contributed by atoms with Crippen LogP contribution in [0.5, 0.6) is 17.2 Å². The molecule has 133 heavy (non-hydrogen) atoms. The quantitative estimate of drug-likeness (QED) is 0.0597. The maximum Gasteiger partial charge on any atom is 0.243 e. The fraction of sp³-hybridized carbons (Fsp3) is 0.400. The molecule has 6 aromatic heterocycles. The number of anilines is 4. The molecule has 0 saturated heterocycles. The lowest BCUT2D eigenvalue weighted by Crippen LogP contribution is -2.28. The topological polar surface area (TPSA) is 462 Å². The van der Waals surface area contributed by atoms with Crippen molar-refractivity contribution in [2.75, 3.05) is 122 Å². The van der Waals surface area contributed by atoms with Crippen molar-refractivity contribution in [2.24, 2.45) is 64.4 Å². The number of amides is 6. The van der Waals surface area contributed by atoms with Crippen molar-refractivity contribution in [3.05, 3.63) is 130 Å². The maximum atomic E-state index is 11.3. The van der Waals surface area contributed by atoms with Crippen LogP contribution in [0.3, 0.4) is 0 Å². The van der Waals surface area contributed by atoms with E-state index in [2.05, 4.69) is 155 Å². The molecular formula is C90H94N22O9S12. The molecule has 31 nitrogen and oxygen atoms in total. The lowest BCUT2D eigenvalue weighted by molar-refractivity contribution is -0.119. The molecule has 6 atom stereocenters. The minimum atomic E-state index is -0.475. The molecule has 0 unspecified atom stereocenters. The van der Waals surface area contributed by atoms with Crippen LogP contribution < -0.4 is 63.5 Å². The number of likely N-dealkylation sites (N-methyl/N-ethyl adjacent to an activating group) is 2. The Morgan fingerprint density at radius 1 is 0.361 bits per heavy atom. The first-order valence-electron chi connectivity index (χ1n) is 43.4. The van der Waals surface area contributed by atoms with Gasteiger partial charge in [-0.2, -0.15) is 0 Å². The number of thiazole rings is 6. The number of hydrogen-bond acceptors (Lipinski definition) is 37. The first kappa shape index (κ1) is 92.3. The molecule has 0 bridgehead atoms. The van der Waals surface area contributed by atoms with Gasteiger partial charge in [-0.1, -0.05) is 13.8 Å². The fourth-order valence-corrected chi connectivity index (χ4v) is 30.1. The van der Waals surface area contributed by atoms with Gasteiger partial charge in [-0.3, -0.25) is 58.7 Å². The number of benzene rings is 6. The highest BCUT2D eigenvalue weighted by atomic mass is 32.2. The van der Waals surface area contributed by atoms with E-state index in [4.69, 9.17) is 58.8 Å². The van der Waals surface area contributed by atoms with Gasteiger partial charge < -0.3 is 68.6 Å². The Labute approximate surface area is 814 Å². The summed E-state index contributed by atoms with van der Waals surface area (Å²) in [6, 6.07) is 19.0. The minimum Gasteiger partial charge on any atom is -0.505 e. The molecule has 17 heterocycles. The summed E-state index contributed by atoms with van der Waals surface area (Å²) in [5.41, 5.74) is 51.7. The molecule has 12 aromatic rings. The number of nitrogens with zero attached hydrogens (tertiary/aromatic N) is 16. The van der Waals surface area contributed by atoms with Crippen molar-refractivity contribution in [1.29, 1.82) is 0 Å². The third-order valence-corrected chi connectivity index (χ3v) is 37.9. The molecule has 0 fully saturated rings. The van der Waals surface area contributed by atoms with E-state index in [0.29, 0.717) is 46.6 Å². The molecule has 6 amide bonds. The molecule has 1 aliphatic carbocycles. The Morgan fingerprint density at radius 3 is 1.21 bits per heavy atom. The van der Waals surface area contributed by atoms with Crippen LogP contribution in [0, 0.1) is 6.92 Å². The van der Waals surface area contributed by atoms with E-state index in [-0.39, 0.29) is 40.7 Å². The maximum absolute atomic E-state index is 11.3. The van der Waals surface area contributed by atoms with Crippen LogP contribution in [0.25, 0.3) is 61.3 Å². The highest BCUT2D eigenvalue weighted by Crippen LogP contribution is 2.47. The molecule has 0 spiro atoms. The van der Waals surface area contributed by atoms with Crippen LogP contribution in [0.2, 0.25) is 0 Å². The number of carbonyl (C=O) groups is 6. The van der Waals surface area contributed by atoms with E-state index >= 15 is 0 Å². The van der Waals surface area contributed by atoms with E-state index in [1.165, 1.54) is 119 Å². The Hall–Kier alpha value is -9.80. The second-order valence-corrected chi connectivity index (χ2v) is 46.6. The lowest BCUT2D eigenvalue weighted by Gasteiger charge is -2.32. The average Bonchev–Trinajstić information content (AvgIpc) is 1.66. The van der Waals surface area contributed by atoms with Gasteiger partial charge in [0.1, 0.15) is 126 Å². The predicted octanol–water partition coefficient (Wildman–Crippen LogP) is 12.4. The summed E-state index contributed by atoms with van der Waals surface area (Å²) in [6.45, 7) is 12.3. The van der Waals surface area contributed by atoms with E-state index in [9.17, 15) is 33.9 Å². The van der Waals surface area contributed by atoms with Gasteiger partial charge in [-0.15, -0.1) is 139 Å². The van der Waals surface area contributed by atoms with E-state index in [0.717, 1.165) is 202 Å². The SMILES string of the molecule is CC1(C)CCCc2cc3sc(C4=N[C@@H](C(N)=O)CS4)nc3cc21.CN1CCCc2cc3nc(C4=N[C@@H](C(N)=O)CS4)sc3cc21.CN1CCOc2cc3nc(C4=N[C@@H](C(N)=O)CS4)sc3cc21.CN1CCc2c1cc1sc(C3=N[C@@H](C(N)=O)CS3)nc1c2O.Cc1c2c(cc3sc(C4=N[C@@H](C(N)=O)CS4)nc13)N(C)CCC2.NC(=O)[C@H]1CSC(c2nc3cc4c(cc3s2)CCCO4)=N1. The largest absolute Gasteiger partial charge is 0.505 e. The number of fused-ring (bicyclic) bond motifs is 12. The van der Waals surface area contributed by atoms with Gasteiger partial charge in [0.25, 0.3) is 0 Å². The number of phenols is 1. The average molecular weight is 2010 g/mol. The van der Waals surface area contributed by atoms with Crippen LogP contribution in [0.15, 0.2) is 90.6 Å². The van der Waals surface area contributed by atoms with Gasteiger partial charge >= 0.3 is 0 Å². The third-order valence-electron chi connectivity index (χ3n) is 24.7. The van der Waals surface area contributed by atoms with Crippen molar-refractivity contribution < 1.29 is 43.3 Å². The molecule has 11 aliphatic heterocycles. The third kappa shape index (κ3) is 19.2. The summed E-state index contributed by atoms with van der Waals surface area (Å²) < 4.78 is 18.1. The molecular weight excluding hydrogens is 1920 g/mol. The number of carbonyl (C=O) groups excluding carboxylic acids is 6. The molecule has 24 rings (SSSR count). The van der Waals surface area contributed by atoms with Gasteiger partial charge in [0.05, 0.1) is 74.6 Å². The number of nitrogens with two attached hydrogens (primary N) is 6. The van der Waals surface area contributed by atoms with Crippen LogP contribution in [0.1, 0.15) is 115 Å². The molecule has 690 valence electrons. The molecule has 12 aliphatic rings.